The van der Waals surface area contributed by atoms with Gasteiger partial charge in [-0.25, -0.2) is 0 Å². The largest absolute Gasteiger partial charge is 0.388 e. The van der Waals surface area contributed by atoms with Crippen LogP contribution in [-0.2, 0) is 10.3 Å². The van der Waals surface area contributed by atoms with E-state index in [4.69, 9.17) is 4.74 Å². The van der Waals surface area contributed by atoms with Crippen molar-refractivity contribution in [1.29, 1.82) is 0 Å². The Labute approximate surface area is 104 Å². The molecule has 1 aromatic rings. The van der Waals surface area contributed by atoms with Crippen molar-refractivity contribution in [2.45, 2.75) is 57.8 Å². The Bertz CT molecular complexity index is 388. The van der Waals surface area contributed by atoms with Crippen molar-refractivity contribution in [3.8, 4) is 0 Å². The second-order valence-corrected chi connectivity index (χ2v) is 5.90. The van der Waals surface area contributed by atoms with Crippen molar-refractivity contribution in [3.63, 3.8) is 0 Å². The fourth-order valence-corrected chi connectivity index (χ4v) is 2.45. The number of hydrogen-bond donors (Lipinski definition) is 1. The summed E-state index contributed by atoms with van der Waals surface area (Å²) in [5, 5.41) is 10.0. The van der Waals surface area contributed by atoms with E-state index in [1.54, 1.807) is 0 Å². The van der Waals surface area contributed by atoms with E-state index in [-0.39, 0.29) is 11.7 Å². The Morgan fingerprint density at radius 2 is 1.88 bits per heavy atom. The molecule has 17 heavy (non-hydrogen) atoms. The number of rotatable bonds is 2. The number of aryl methyl sites for hydroxylation is 1. The fraction of sp³-hybridized carbons (Fsp3) is 0.600. The van der Waals surface area contributed by atoms with Gasteiger partial charge < -0.3 is 9.84 Å². The Balaban J connectivity index is 2.19. The van der Waals surface area contributed by atoms with E-state index in [0.29, 0.717) is 0 Å². The van der Waals surface area contributed by atoms with Crippen molar-refractivity contribution < 1.29 is 9.84 Å². The zero-order valence-corrected chi connectivity index (χ0v) is 11.2. The van der Waals surface area contributed by atoms with E-state index in [2.05, 4.69) is 38.1 Å². The van der Waals surface area contributed by atoms with Crippen molar-refractivity contribution in [2.24, 2.45) is 0 Å². The summed E-state index contributed by atoms with van der Waals surface area (Å²) in [5.74, 6) is 0. The lowest BCUT2D eigenvalue weighted by Crippen LogP contribution is -2.37. The van der Waals surface area contributed by atoms with E-state index >= 15 is 0 Å². The third-order valence-electron chi connectivity index (χ3n) is 3.74. The van der Waals surface area contributed by atoms with Crippen LogP contribution in [0.4, 0.5) is 0 Å². The minimum absolute atomic E-state index is 0.0752. The lowest BCUT2D eigenvalue weighted by molar-refractivity contribution is -0.118. The third kappa shape index (κ3) is 2.53. The van der Waals surface area contributed by atoms with Crippen LogP contribution in [0.3, 0.4) is 0 Å². The molecule has 94 valence electrons. The van der Waals surface area contributed by atoms with Crippen molar-refractivity contribution in [2.75, 3.05) is 0 Å². The first kappa shape index (κ1) is 12.6. The maximum absolute atomic E-state index is 10.0. The van der Waals surface area contributed by atoms with Crippen LogP contribution in [0.25, 0.3) is 0 Å². The summed E-state index contributed by atoms with van der Waals surface area (Å²) in [7, 11) is 0. The number of hydrogen-bond acceptors (Lipinski definition) is 2. The lowest BCUT2D eigenvalue weighted by Gasteiger charge is -2.30. The van der Waals surface area contributed by atoms with Gasteiger partial charge in [0.1, 0.15) is 0 Å². The molecular formula is C15H22O2. The molecule has 0 saturated carbocycles. The van der Waals surface area contributed by atoms with Crippen molar-refractivity contribution >= 4 is 0 Å². The highest BCUT2D eigenvalue weighted by Gasteiger charge is 2.43. The minimum atomic E-state index is -0.761. The van der Waals surface area contributed by atoms with Gasteiger partial charge in [-0.3, -0.25) is 0 Å². The van der Waals surface area contributed by atoms with Gasteiger partial charge in [-0.1, -0.05) is 29.8 Å². The predicted octanol–water partition coefficient (Wildman–Crippen LogP) is 3.16. The van der Waals surface area contributed by atoms with E-state index in [1.807, 2.05) is 13.8 Å². The first-order chi connectivity index (χ1) is 7.81. The van der Waals surface area contributed by atoms with Crippen LogP contribution in [0.2, 0.25) is 0 Å². The van der Waals surface area contributed by atoms with Crippen LogP contribution >= 0.6 is 0 Å². The first-order valence-electron chi connectivity index (χ1n) is 6.29. The van der Waals surface area contributed by atoms with Gasteiger partial charge in [0.15, 0.2) is 0 Å². The SMILES string of the molecule is Cc1ccc([C@]2(C)CC[C@H](C(C)(C)O)O2)cc1. The van der Waals surface area contributed by atoms with E-state index < -0.39 is 5.60 Å². The third-order valence-corrected chi connectivity index (χ3v) is 3.74. The maximum atomic E-state index is 10.0. The molecule has 1 aliphatic rings. The molecule has 2 nitrogen and oxygen atoms in total. The van der Waals surface area contributed by atoms with Crippen LogP contribution in [0, 0.1) is 6.92 Å². The molecule has 1 heterocycles. The van der Waals surface area contributed by atoms with E-state index in [9.17, 15) is 5.11 Å². The molecule has 0 spiro atoms. The Kier molecular flexibility index (Phi) is 3.04. The molecule has 1 aliphatic heterocycles. The molecule has 0 radical (unpaired) electrons. The summed E-state index contributed by atoms with van der Waals surface area (Å²) in [5.41, 5.74) is 1.45. The summed E-state index contributed by atoms with van der Waals surface area (Å²) in [6.07, 6.45) is 1.80. The average molecular weight is 234 g/mol. The minimum Gasteiger partial charge on any atom is -0.388 e. The lowest BCUT2D eigenvalue weighted by atomic mass is 9.91. The fourth-order valence-electron chi connectivity index (χ4n) is 2.45. The summed E-state index contributed by atoms with van der Waals surface area (Å²) in [4.78, 5) is 0. The van der Waals surface area contributed by atoms with Gasteiger partial charge in [0.25, 0.3) is 0 Å². The van der Waals surface area contributed by atoms with Gasteiger partial charge in [0.2, 0.25) is 0 Å². The number of aliphatic hydroxyl groups is 1. The highest BCUT2D eigenvalue weighted by molar-refractivity contribution is 5.27. The van der Waals surface area contributed by atoms with Gasteiger partial charge in [-0.05, 0) is 46.1 Å². The van der Waals surface area contributed by atoms with Crippen LogP contribution in [-0.4, -0.2) is 16.8 Å². The normalized spacial score (nSPS) is 29.6. The van der Waals surface area contributed by atoms with Crippen LogP contribution in [0.5, 0.6) is 0 Å². The second-order valence-electron chi connectivity index (χ2n) is 5.90. The van der Waals surface area contributed by atoms with Crippen LogP contribution < -0.4 is 0 Å². The summed E-state index contributed by atoms with van der Waals surface area (Å²) in [6.45, 7) is 7.84. The standard InChI is InChI=1S/C15H22O2/c1-11-5-7-12(8-6-11)15(4)10-9-13(17-15)14(2,3)16/h5-8,13,16H,9-10H2,1-4H3/t13-,15+/m1/s1. The predicted molar refractivity (Wildman–Crippen MR) is 68.9 cm³/mol. The van der Waals surface area contributed by atoms with Crippen LogP contribution in [0.1, 0.15) is 44.7 Å². The van der Waals surface area contributed by atoms with Crippen molar-refractivity contribution in [1.82, 2.24) is 0 Å². The smallest absolute Gasteiger partial charge is 0.0909 e. The maximum Gasteiger partial charge on any atom is 0.0909 e. The molecule has 2 rings (SSSR count). The Hall–Kier alpha value is -0.860. The Morgan fingerprint density at radius 1 is 1.29 bits per heavy atom. The van der Waals surface area contributed by atoms with Gasteiger partial charge >= 0.3 is 0 Å². The molecule has 0 bridgehead atoms. The first-order valence-corrected chi connectivity index (χ1v) is 6.29. The molecule has 0 aliphatic carbocycles. The molecule has 1 fully saturated rings. The molecule has 1 saturated heterocycles. The van der Waals surface area contributed by atoms with Crippen LogP contribution in [0.15, 0.2) is 24.3 Å². The average Bonchev–Trinajstić information content (AvgIpc) is 2.62. The van der Waals surface area contributed by atoms with Gasteiger partial charge in [-0.2, -0.15) is 0 Å². The number of ether oxygens (including phenoxy) is 1. The van der Waals surface area contributed by atoms with E-state index in [1.165, 1.54) is 11.1 Å². The highest BCUT2D eigenvalue weighted by Crippen LogP contribution is 2.41. The summed E-state index contributed by atoms with van der Waals surface area (Å²) >= 11 is 0. The molecular weight excluding hydrogens is 212 g/mol. The van der Waals surface area contributed by atoms with Crippen molar-refractivity contribution in [3.05, 3.63) is 35.4 Å². The summed E-state index contributed by atoms with van der Waals surface area (Å²) < 4.78 is 6.09. The van der Waals surface area contributed by atoms with Gasteiger partial charge in [-0.15, -0.1) is 0 Å². The molecule has 0 unspecified atom stereocenters. The Morgan fingerprint density at radius 3 is 2.35 bits per heavy atom. The molecule has 1 N–H and O–H groups in total. The quantitative estimate of drug-likeness (QED) is 0.851. The number of benzene rings is 1. The zero-order chi connectivity index (χ0) is 12.7. The molecule has 2 atom stereocenters. The topological polar surface area (TPSA) is 29.5 Å². The van der Waals surface area contributed by atoms with Gasteiger partial charge in [0, 0.05) is 0 Å². The monoisotopic (exact) mass is 234 g/mol. The second kappa shape index (κ2) is 4.11. The zero-order valence-electron chi connectivity index (χ0n) is 11.2. The molecule has 1 aromatic carbocycles. The molecule has 0 amide bonds. The summed E-state index contributed by atoms with van der Waals surface area (Å²) in [6, 6.07) is 8.48. The highest BCUT2D eigenvalue weighted by atomic mass is 16.5. The van der Waals surface area contributed by atoms with Gasteiger partial charge in [0.05, 0.1) is 17.3 Å². The molecule has 0 aromatic heterocycles. The molecule has 2 heteroatoms. The van der Waals surface area contributed by atoms with E-state index in [0.717, 1.165) is 12.8 Å².